The summed E-state index contributed by atoms with van der Waals surface area (Å²) in [5, 5.41) is 6.18. The summed E-state index contributed by atoms with van der Waals surface area (Å²) in [7, 11) is 0. The van der Waals surface area contributed by atoms with E-state index in [1.165, 1.54) is 27.1 Å². The predicted molar refractivity (Wildman–Crippen MR) is 102 cm³/mol. The van der Waals surface area contributed by atoms with Crippen molar-refractivity contribution >= 4 is 34.2 Å². The van der Waals surface area contributed by atoms with Crippen molar-refractivity contribution < 1.29 is 0 Å². The number of rotatable bonds is 1. The van der Waals surface area contributed by atoms with Crippen LogP contribution in [-0.4, -0.2) is 0 Å². The zero-order chi connectivity index (χ0) is 14.0. The lowest BCUT2D eigenvalue weighted by Gasteiger charge is -2.10. The molecule has 0 N–H and O–H groups in total. The molecule has 3 aromatic carbocycles. The normalized spacial score (nSPS) is 9.29. The lowest BCUT2D eigenvalue weighted by molar-refractivity contribution is 1.50. The highest BCUT2D eigenvalue weighted by atomic mass is 14.1. The first kappa shape index (κ1) is 18.9. The van der Waals surface area contributed by atoms with E-state index in [-0.39, 0.29) is 14.9 Å². The Morgan fingerprint density at radius 1 is 0.857 bits per heavy atom. The number of aryl methyl sites for hydroxylation is 1. The van der Waals surface area contributed by atoms with Gasteiger partial charge in [-0.15, -0.1) is 0 Å². The van der Waals surface area contributed by atoms with Gasteiger partial charge in [0.05, 0.1) is 0 Å². The lowest BCUT2D eigenvalue weighted by Crippen LogP contribution is -2.01. The van der Waals surface area contributed by atoms with Crippen molar-refractivity contribution in [2.45, 2.75) is 35.6 Å². The van der Waals surface area contributed by atoms with Crippen molar-refractivity contribution in [3.63, 3.8) is 0 Å². The molecule has 0 spiro atoms. The predicted octanol–water partition coefficient (Wildman–Crippen LogP) is 6.37. The van der Waals surface area contributed by atoms with Gasteiger partial charge in [0.2, 0.25) is 0 Å². The van der Waals surface area contributed by atoms with Crippen LogP contribution in [0.4, 0.5) is 0 Å². The van der Waals surface area contributed by atoms with Crippen molar-refractivity contribution in [2.24, 2.45) is 0 Å². The molecular formula is C21H28. The molecule has 0 amide bonds. The minimum Gasteiger partial charge on any atom is -0.0984 e. The summed E-state index contributed by atoms with van der Waals surface area (Å²) < 4.78 is 0. The van der Waals surface area contributed by atoms with Crippen LogP contribution in [0.2, 0.25) is 0 Å². The van der Waals surface area contributed by atoms with E-state index in [1.807, 2.05) is 19.9 Å². The molecule has 0 heteroatoms. The summed E-state index contributed by atoms with van der Waals surface area (Å²) in [6, 6.07) is 13.0. The van der Waals surface area contributed by atoms with Crippen molar-refractivity contribution in [3.05, 3.63) is 59.3 Å². The Kier molecular flexibility index (Phi) is 6.88. The smallest absolute Gasteiger partial charge is 0.00268 e. The minimum atomic E-state index is 0. The molecule has 0 bridgehead atoms. The van der Waals surface area contributed by atoms with Gasteiger partial charge in [-0.1, -0.05) is 84.3 Å². The standard InChI is InChI=1S/C17H14.C2H6.2CH4/c1-4-13-7-8-15-10-11(2)9-14-6-5-12(3)16(13)17(14)15;1-2;;/h4-10H,1,3H2,2H3;1-2H3;2*1H4. The van der Waals surface area contributed by atoms with Crippen molar-refractivity contribution in [3.8, 4) is 0 Å². The fourth-order valence-corrected chi connectivity index (χ4v) is 2.59. The summed E-state index contributed by atoms with van der Waals surface area (Å²) >= 11 is 0. The van der Waals surface area contributed by atoms with Gasteiger partial charge in [-0.05, 0) is 44.8 Å². The minimum absolute atomic E-state index is 0. The van der Waals surface area contributed by atoms with Crippen LogP contribution in [0, 0.1) is 6.92 Å². The Balaban J connectivity index is 0.000000961. The van der Waals surface area contributed by atoms with Gasteiger partial charge in [-0.3, -0.25) is 0 Å². The molecule has 3 aromatic rings. The monoisotopic (exact) mass is 280 g/mol. The summed E-state index contributed by atoms with van der Waals surface area (Å²) in [5.74, 6) is 0. The molecule has 0 aliphatic rings. The topological polar surface area (TPSA) is 0 Å². The van der Waals surface area contributed by atoms with Crippen molar-refractivity contribution in [2.75, 3.05) is 0 Å². The second kappa shape index (κ2) is 7.64. The molecular weight excluding hydrogens is 252 g/mol. The van der Waals surface area contributed by atoms with E-state index >= 15 is 0 Å². The van der Waals surface area contributed by atoms with E-state index in [1.54, 1.807) is 0 Å². The van der Waals surface area contributed by atoms with Gasteiger partial charge in [-0.2, -0.15) is 0 Å². The van der Waals surface area contributed by atoms with Gasteiger partial charge in [-0.25, -0.2) is 0 Å². The highest BCUT2D eigenvalue weighted by Gasteiger charge is 2.06. The van der Waals surface area contributed by atoms with Crippen LogP contribution in [0.3, 0.4) is 0 Å². The number of hydrogen-bond donors (Lipinski definition) is 0. The van der Waals surface area contributed by atoms with E-state index < -0.39 is 0 Å². The van der Waals surface area contributed by atoms with Crippen molar-refractivity contribution in [1.82, 2.24) is 0 Å². The van der Waals surface area contributed by atoms with Crippen LogP contribution >= 0.6 is 0 Å². The van der Waals surface area contributed by atoms with Gasteiger partial charge < -0.3 is 0 Å². The zero-order valence-electron chi connectivity index (χ0n) is 12.0. The third-order valence-electron chi connectivity index (χ3n) is 3.33. The highest BCUT2D eigenvalue weighted by Crippen LogP contribution is 2.28. The molecule has 3 rings (SSSR count). The fourth-order valence-electron chi connectivity index (χ4n) is 2.59. The second-order valence-corrected chi connectivity index (χ2v) is 4.54. The van der Waals surface area contributed by atoms with Gasteiger partial charge in [0.1, 0.15) is 0 Å². The molecule has 0 saturated heterocycles. The maximum absolute atomic E-state index is 4.13. The molecule has 0 unspecified atom stereocenters. The molecule has 0 aliphatic heterocycles. The molecule has 0 atom stereocenters. The van der Waals surface area contributed by atoms with Gasteiger partial charge >= 0.3 is 0 Å². The third kappa shape index (κ3) is 3.16. The molecule has 0 saturated carbocycles. The average molecular weight is 280 g/mol. The molecule has 0 radical (unpaired) electrons. The van der Waals surface area contributed by atoms with Crippen LogP contribution in [0.5, 0.6) is 0 Å². The van der Waals surface area contributed by atoms with Crippen molar-refractivity contribution in [1.29, 1.82) is 0 Å². The first-order valence-electron chi connectivity index (χ1n) is 6.78. The largest absolute Gasteiger partial charge is 0.0984 e. The molecule has 0 aliphatic carbocycles. The van der Waals surface area contributed by atoms with Crippen LogP contribution < -0.4 is 5.22 Å². The Morgan fingerprint density at radius 2 is 1.38 bits per heavy atom. The number of hydrogen-bond acceptors (Lipinski definition) is 0. The molecule has 0 nitrogen and oxygen atoms in total. The molecule has 0 heterocycles. The highest BCUT2D eigenvalue weighted by molar-refractivity contribution is 6.13. The van der Waals surface area contributed by atoms with E-state index in [9.17, 15) is 0 Å². The summed E-state index contributed by atoms with van der Waals surface area (Å²) in [6.45, 7) is 14.2. The maximum atomic E-state index is 4.13. The Labute approximate surface area is 129 Å². The molecule has 112 valence electrons. The van der Waals surface area contributed by atoms with Gasteiger partial charge in [0.15, 0.2) is 0 Å². The lowest BCUT2D eigenvalue weighted by atomic mass is 9.94. The second-order valence-electron chi connectivity index (χ2n) is 4.54. The van der Waals surface area contributed by atoms with Crippen LogP contribution in [0.1, 0.15) is 39.8 Å². The number of benzene rings is 3. The first-order valence-corrected chi connectivity index (χ1v) is 6.78. The molecule has 0 aromatic heterocycles. The first-order chi connectivity index (χ1) is 9.20. The van der Waals surface area contributed by atoms with E-state index in [2.05, 4.69) is 56.5 Å². The van der Waals surface area contributed by atoms with Gasteiger partial charge in [0, 0.05) is 0 Å². The van der Waals surface area contributed by atoms with E-state index in [0.29, 0.717) is 0 Å². The Bertz CT molecular complexity index is 760. The summed E-state index contributed by atoms with van der Waals surface area (Å²) in [6.07, 6.45) is 1.91. The molecule has 21 heavy (non-hydrogen) atoms. The quantitative estimate of drug-likeness (QED) is 0.485. The van der Waals surface area contributed by atoms with Crippen LogP contribution in [0.25, 0.3) is 34.2 Å². The maximum Gasteiger partial charge on any atom is -0.00268 e. The molecule has 0 fully saturated rings. The summed E-state index contributed by atoms with van der Waals surface area (Å²) in [4.78, 5) is 0. The van der Waals surface area contributed by atoms with Crippen LogP contribution in [-0.2, 0) is 0 Å². The zero-order valence-corrected chi connectivity index (χ0v) is 12.0. The van der Waals surface area contributed by atoms with E-state index in [4.69, 9.17) is 0 Å². The Hall–Kier alpha value is -2.08. The SMILES string of the molecule is C.C.C=Cc1ccc2cc(C)cc3ccc(=C)c1c23.CC. The third-order valence-corrected chi connectivity index (χ3v) is 3.33. The average Bonchev–Trinajstić information content (AvgIpc) is 2.44. The summed E-state index contributed by atoms with van der Waals surface area (Å²) in [5.41, 5.74) is 2.46. The van der Waals surface area contributed by atoms with E-state index in [0.717, 1.165) is 10.8 Å². The van der Waals surface area contributed by atoms with Crippen LogP contribution in [0.15, 0.2) is 43.0 Å². The Morgan fingerprint density at radius 3 is 1.90 bits per heavy atom. The van der Waals surface area contributed by atoms with Gasteiger partial charge in [0.25, 0.3) is 0 Å². The fraction of sp³-hybridized carbons (Fsp3) is 0.238.